The minimum Gasteiger partial charge on any atom is -0.380 e. The molecule has 0 unspecified atom stereocenters. The predicted molar refractivity (Wildman–Crippen MR) is 104 cm³/mol. The molecule has 0 amide bonds. The maximum atomic E-state index is 5.27. The number of aromatic nitrogens is 5. The molecule has 2 aromatic carbocycles. The van der Waals surface area contributed by atoms with Gasteiger partial charge < -0.3 is 10.1 Å². The van der Waals surface area contributed by atoms with E-state index in [9.17, 15) is 0 Å². The highest BCUT2D eigenvalue weighted by molar-refractivity contribution is 5.83. The molecule has 0 aliphatic heterocycles. The molecule has 136 valence electrons. The summed E-state index contributed by atoms with van der Waals surface area (Å²) in [7, 11) is 1.68. The SMILES string of the molecule is COCc1cccc2c1cnn2-c1nnc(C)c(NCc2ccccc2)n1. The van der Waals surface area contributed by atoms with Crippen molar-refractivity contribution in [3.8, 4) is 5.95 Å². The van der Waals surface area contributed by atoms with Gasteiger partial charge in [0.1, 0.15) is 5.69 Å². The lowest BCUT2D eigenvalue weighted by Crippen LogP contribution is -2.11. The van der Waals surface area contributed by atoms with Crippen molar-refractivity contribution in [3.63, 3.8) is 0 Å². The Morgan fingerprint density at radius 2 is 1.89 bits per heavy atom. The molecule has 0 fully saturated rings. The lowest BCUT2D eigenvalue weighted by molar-refractivity contribution is 0.186. The fourth-order valence-corrected chi connectivity index (χ4v) is 2.96. The van der Waals surface area contributed by atoms with Crippen molar-refractivity contribution < 1.29 is 4.74 Å². The van der Waals surface area contributed by atoms with E-state index < -0.39 is 0 Å². The fourth-order valence-electron chi connectivity index (χ4n) is 2.96. The molecule has 0 aliphatic carbocycles. The van der Waals surface area contributed by atoms with Crippen molar-refractivity contribution in [2.24, 2.45) is 0 Å². The zero-order valence-corrected chi connectivity index (χ0v) is 15.3. The van der Waals surface area contributed by atoms with Crippen molar-refractivity contribution in [3.05, 3.63) is 71.5 Å². The summed E-state index contributed by atoms with van der Waals surface area (Å²) in [5.41, 5.74) is 3.91. The first kappa shape index (κ1) is 17.1. The van der Waals surface area contributed by atoms with E-state index in [1.165, 1.54) is 5.56 Å². The van der Waals surface area contributed by atoms with Gasteiger partial charge in [-0.05, 0) is 24.1 Å². The second kappa shape index (κ2) is 7.51. The third kappa shape index (κ3) is 3.50. The first-order valence-electron chi connectivity index (χ1n) is 8.70. The zero-order chi connectivity index (χ0) is 18.6. The van der Waals surface area contributed by atoms with Crippen LogP contribution in [0.3, 0.4) is 0 Å². The van der Waals surface area contributed by atoms with Crippen molar-refractivity contribution in [2.45, 2.75) is 20.1 Å². The summed E-state index contributed by atoms with van der Waals surface area (Å²) >= 11 is 0. The Balaban J connectivity index is 1.67. The maximum Gasteiger partial charge on any atom is 0.272 e. The number of nitrogens with one attached hydrogen (secondary N) is 1. The largest absolute Gasteiger partial charge is 0.380 e. The van der Waals surface area contributed by atoms with E-state index in [0.29, 0.717) is 24.9 Å². The van der Waals surface area contributed by atoms with Crippen LogP contribution < -0.4 is 5.32 Å². The van der Waals surface area contributed by atoms with Crippen LogP contribution in [0.25, 0.3) is 16.9 Å². The topological polar surface area (TPSA) is 77.8 Å². The molecule has 7 heteroatoms. The number of methoxy groups -OCH3 is 1. The van der Waals surface area contributed by atoms with Gasteiger partial charge in [0.25, 0.3) is 5.95 Å². The monoisotopic (exact) mass is 360 g/mol. The van der Waals surface area contributed by atoms with Gasteiger partial charge in [0, 0.05) is 19.0 Å². The van der Waals surface area contributed by atoms with E-state index in [2.05, 4.69) is 37.7 Å². The molecule has 4 rings (SSSR count). The van der Waals surface area contributed by atoms with Gasteiger partial charge >= 0.3 is 0 Å². The van der Waals surface area contributed by atoms with Crippen LogP contribution in [0.5, 0.6) is 0 Å². The lowest BCUT2D eigenvalue weighted by Gasteiger charge is -2.09. The average molecular weight is 360 g/mol. The normalized spacial score (nSPS) is 11.0. The van der Waals surface area contributed by atoms with E-state index >= 15 is 0 Å². The first-order valence-corrected chi connectivity index (χ1v) is 8.70. The summed E-state index contributed by atoms with van der Waals surface area (Å²) in [5.74, 6) is 1.13. The first-order chi connectivity index (χ1) is 13.3. The quantitative estimate of drug-likeness (QED) is 0.569. The molecule has 7 nitrogen and oxygen atoms in total. The van der Waals surface area contributed by atoms with Crippen molar-refractivity contribution in [2.75, 3.05) is 12.4 Å². The van der Waals surface area contributed by atoms with E-state index in [4.69, 9.17) is 4.74 Å². The molecule has 0 bridgehead atoms. The predicted octanol–water partition coefficient (Wildman–Crippen LogP) is 3.28. The average Bonchev–Trinajstić information content (AvgIpc) is 3.14. The smallest absolute Gasteiger partial charge is 0.272 e. The number of nitrogens with zero attached hydrogens (tertiary/aromatic N) is 5. The lowest BCUT2D eigenvalue weighted by atomic mass is 10.1. The Hall–Kier alpha value is -3.32. The fraction of sp³-hybridized carbons (Fsp3) is 0.200. The molecule has 4 aromatic rings. The molecule has 0 radical (unpaired) electrons. The summed E-state index contributed by atoms with van der Waals surface area (Å²) in [6.45, 7) is 3.08. The summed E-state index contributed by atoms with van der Waals surface area (Å²) < 4.78 is 6.97. The van der Waals surface area contributed by atoms with Crippen LogP contribution in [0.1, 0.15) is 16.8 Å². The Kier molecular flexibility index (Phi) is 4.76. The van der Waals surface area contributed by atoms with E-state index in [0.717, 1.165) is 22.2 Å². The van der Waals surface area contributed by atoms with E-state index in [-0.39, 0.29) is 0 Å². The number of aryl methyl sites for hydroxylation is 1. The van der Waals surface area contributed by atoms with Gasteiger partial charge in [0.2, 0.25) is 0 Å². The third-order valence-electron chi connectivity index (χ3n) is 4.34. The number of fused-ring (bicyclic) bond motifs is 1. The molecular formula is C20H20N6O. The Bertz CT molecular complexity index is 1060. The number of hydrogen-bond donors (Lipinski definition) is 1. The highest BCUT2D eigenvalue weighted by atomic mass is 16.5. The third-order valence-corrected chi connectivity index (χ3v) is 4.34. The van der Waals surface area contributed by atoms with Crippen LogP contribution in [-0.2, 0) is 17.9 Å². The minimum absolute atomic E-state index is 0.431. The molecule has 0 saturated heterocycles. The van der Waals surface area contributed by atoms with Crippen LogP contribution in [0.15, 0.2) is 54.7 Å². The second-order valence-electron chi connectivity index (χ2n) is 6.22. The van der Waals surface area contributed by atoms with Crippen molar-refractivity contribution in [1.82, 2.24) is 25.0 Å². The Labute approximate surface area is 157 Å². The Morgan fingerprint density at radius 3 is 2.70 bits per heavy atom. The molecule has 0 saturated carbocycles. The van der Waals surface area contributed by atoms with Crippen molar-refractivity contribution in [1.29, 1.82) is 0 Å². The van der Waals surface area contributed by atoms with Crippen LogP contribution >= 0.6 is 0 Å². The number of anilines is 1. The molecular weight excluding hydrogens is 340 g/mol. The highest BCUT2D eigenvalue weighted by Gasteiger charge is 2.13. The minimum atomic E-state index is 0.431. The van der Waals surface area contributed by atoms with Gasteiger partial charge in [-0.25, -0.2) is 0 Å². The molecule has 2 aromatic heterocycles. The van der Waals surface area contributed by atoms with Crippen LogP contribution in [0.4, 0.5) is 5.82 Å². The number of rotatable bonds is 6. The summed E-state index contributed by atoms with van der Waals surface area (Å²) in [4.78, 5) is 4.64. The Morgan fingerprint density at radius 1 is 1.04 bits per heavy atom. The van der Waals surface area contributed by atoms with Crippen molar-refractivity contribution >= 4 is 16.7 Å². The number of benzene rings is 2. The molecule has 27 heavy (non-hydrogen) atoms. The van der Waals surface area contributed by atoms with Gasteiger partial charge in [-0.15, -0.1) is 10.2 Å². The number of ether oxygens (including phenoxy) is 1. The summed E-state index contributed by atoms with van der Waals surface area (Å²) in [6, 6.07) is 16.2. The maximum absolute atomic E-state index is 5.27. The van der Waals surface area contributed by atoms with Gasteiger partial charge in [-0.1, -0.05) is 42.5 Å². The van der Waals surface area contributed by atoms with Gasteiger partial charge in [-0.3, -0.25) is 0 Å². The summed E-state index contributed by atoms with van der Waals surface area (Å²) in [6.07, 6.45) is 1.81. The molecule has 2 heterocycles. The molecule has 0 spiro atoms. The number of hydrogen-bond acceptors (Lipinski definition) is 6. The van der Waals surface area contributed by atoms with Crippen LogP contribution in [0.2, 0.25) is 0 Å². The standard InChI is InChI=1S/C20H20N6O/c1-14-19(21-11-15-7-4-3-5-8-15)23-20(25-24-14)26-18-10-6-9-16(13-27-2)17(18)12-22-26/h3-10,12H,11,13H2,1-2H3,(H,21,23,25). The van der Waals surface area contributed by atoms with E-state index in [1.54, 1.807) is 11.8 Å². The molecule has 0 atom stereocenters. The molecule has 1 N–H and O–H groups in total. The molecule has 0 aliphatic rings. The second-order valence-corrected chi connectivity index (χ2v) is 6.22. The summed E-state index contributed by atoms with van der Waals surface area (Å²) in [5, 5.41) is 17.3. The van der Waals surface area contributed by atoms with Crippen LogP contribution in [-0.4, -0.2) is 32.1 Å². The van der Waals surface area contributed by atoms with Gasteiger partial charge in [0.15, 0.2) is 5.82 Å². The zero-order valence-electron chi connectivity index (χ0n) is 15.3. The van der Waals surface area contributed by atoms with E-state index in [1.807, 2.05) is 49.5 Å². The van der Waals surface area contributed by atoms with Gasteiger partial charge in [-0.2, -0.15) is 14.8 Å². The highest BCUT2D eigenvalue weighted by Crippen LogP contribution is 2.21. The van der Waals surface area contributed by atoms with Gasteiger partial charge in [0.05, 0.1) is 18.3 Å². The van der Waals surface area contributed by atoms with Crippen LogP contribution in [0, 0.1) is 6.92 Å².